The maximum Gasteiger partial charge on any atom is 0.330 e. The molecule has 4 nitrogen and oxygen atoms in total. The number of carbonyl (C=O) groups is 1. The minimum Gasteiger partial charge on any atom is -0.466 e. The molecule has 0 atom stereocenters. The Morgan fingerprint density at radius 1 is 1.53 bits per heavy atom. The van der Waals surface area contributed by atoms with E-state index in [9.17, 15) is 9.90 Å². The molecule has 88 valence electrons. The molecular weight excluding hydrogens is 218 g/mol. The summed E-state index contributed by atoms with van der Waals surface area (Å²) in [5, 5.41) is 10.2. The van der Waals surface area contributed by atoms with Crippen LogP contribution in [-0.4, -0.2) is 23.2 Å². The number of rotatable bonds is 3. The Balaban J connectivity index is 2.49. The average molecular weight is 231 g/mol. The van der Waals surface area contributed by atoms with Gasteiger partial charge in [-0.2, -0.15) is 0 Å². The Kier molecular flexibility index (Phi) is 3.25. The topological polar surface area (TPSA) is 62.3 Å². The van der Waals surface area contributed by atoms with Crippen molar-refractivity contribution in [2.24, 2.45) is 0 Å². The maximum atomic E-state index is 11.0. The Hall–Kier alpha value is -2.07. The van der Waals surface area contributed by atoms with Crippen LogP contribution in [0.25, 0.3) is 17.0 Å². The van der Waals surface area contributed by atoms with Crippen molar-refractivity contribution in [2.75, 3.05) is 7.11 Å². The lowest BCUT2D eigenvalue weighted by atomic mass is 10.1. The molecule has 0 saturated carbocycles. The number of fused-ring (bicyclic) bond motifs is 1. The number of benzene rings is 1. The summed E-state index contributed by atoms with van der Waals surface area (Å²) in [6.07, 6.45) is 4.81. The van der Waals surface area contributed by atoms with E-state index in [1.165, 1.54) is 13.2 Å². The number of H-pyrrole nitrogens is 1. The number of aliphatic hydroxyl groups excluding tert-OH is 1. The van der Waals surface area contributed by atoms with Gasteiger partial charge in [-0.3, -0.25) is 0 Å². The van der Waals surface area contributed by atoms with E-state index in [1.807, 2.05) is 18.2 Å². The second kappa shape index (κ2) is 4.84. The van der Waals surface area contributed by atoms with Crippen molar-refractivity contribution in [2.45, 2.75) is 6.61 Å². The van der Waals surface area contributed by atoms with Crippen molar-refractivity contribution in [3.8, 4) is 0 Å². The zero-order chi connectivity index (χ0) is 12.3. The van der Waals surface area contributed by atoms with Crippen molar-refractivity contribution in [3.05, 3.63) is 41.6 Å². The molecule has 2 aromatic rings. The predicted octanol–water partition coefficient (Wildman–Crippen LogP) is 1.85. The summed E-state index contributed by atoms with van der Waals surface area (Å²) in [4.78, 5) is 14.1. The highest BCUT2D eigenvalue weighted by Gasteiger charge is 2.05. The molecule has 2 N–H and O–H groups in total. The van der Waals surface area contributed by atoms with Crippen molar-refractivity contribution in [1.82, 2.24) is 4.98 Å². The van der Waals surface area contributed by atoms with Gasteiger partial charge in [0.25, 0.3) is 0 Å². The summed E-state index contributed by atoms with van der Waals surface area (Å²) >= 11 is 0. The molecule has 2 rings (SSSR count). The first-order valence-corrected chi connectivity index (χ1v) is 5.22. The Labute approximate surface area is 98.5 Å². The Morgan fingerprint density at radius 3 is 3.06 bits per heavy atom. The zero-order valence-electron chi connectivity index (χ0n) is 9.43. The number of hydrogen-bond donors (Lipinski definition) is 2. The zero-order valence-corrected chi connectivity index (χ0v) is 9.43. The lowest BCUT2D eigenvalue weighted by Gasteiger charge is -1.99. The smallest absolute Gasteiger partial charge is 0.330 e. The molecule has 0 unspecified atom stereocenters. The van der Waals surface area contributed by atoms with E-state index in [1.54, 1.807) is 12.3 Å². The van der Waals surface area contributed by atoms with E-state index in [0.29, 0.717) is 0 Å². The van der Waals surface area contributed by atoms with Crippen LogP contribution >= 0.6 is 0 Å². The second-order valence-corrected chi connectivity index (χ2v) is 3.60. The fourth-order valence-electron chi connectivity index (χ4n) is 1.78. The molecule has 0 aliphatic carbocycles. The third kappa shape index (κ3) is 2.21. The second-order valence-electron chi connectivity index (χ2n) is 3.60. The highest BCUT2D eigenvalue weighted by atomic mass is 16.5. The molecule has 0 saturated heterocycles. The van der Waals surface area contributed by atoms with Crippen LogP contribution in [0, 0.1) is 0 Å². The fraction of sp³-hybridized carbons (Fsp3) is 0.154. The lowest BCUT2D eigenvalue weighted by Crippen LogP contribution is -1.93. The standard InChI is InChI=1S/C13H13NO3/c1-17-12(16)6-5-9-3-2-4-11-13(9)10(8-15)7-14-11/h2-7,14-15H,8H2,1H3/b6-5-. The minimum atomic E-state index is -0.400. The van der Waals surface area contributed by atoms with Gasteiger partial charge in [0.05, 0.1) is 13.7 Å². The number of carbonyl (C=O) groups excluding carboxylic acids is 1. The van der Waals surface area contributed by atoms with Crippen molar-refractivity contribution < 1.29 is 14.6 Å². The molecule has 0 fully saturated rings. The highest BCUT2D eigenvalue weighted by Crippen LogP contribution is 2.23. The molecule has 0 amide bonds. The first kappa shape index (κ1) is 11.4. The van der Waals surface area contributed by atoms with E-state index < -0.39 is 5.97 Å². The summed E-state index contributed by atoms with van der Waals surface area (Å²) in [6.45, 7) is -0.0386. The number of hydrogen-bond acceptors (Lipinski definition) is 3. The van der Waals surface area contributed by atoms with E-state index in [4.69, 9.17) is 0 Å². The van der Waals surface area contributed by atoms with Gasteiger partial charge in [-0.15, -0.1) is 0 Å². The number of esters is 1. The molecule has 1 aromatic carbocycles. The van der Waals surface area contributed by atoms with E-state index >= 15 is 0 Å². The van der Waals surface area contributed by atoms with Crippen molar-refractivity contribution in [3.63, 3.8) is 0 Å². The minimum absolute atomic E-state index is 0.0386. The molecule has 0 spiro atoms. The van der Waals surface area contributed by atoms with E-state index in [-0.39, 0.29) is 6.61 Å². The van der Waals surface area contributed by atoms with Gasteiger partial charge < -0.3 is 14.8 Å². The van der Waals surface area contributed by atoms with E-state index in [2.05, 4.69) is 9.72 Å². The quantitative estimate of drug-likeness (QED) is 0.626. The van der Waals surface area contributed by atoms with Crippen LogP contribution in [0.4, 0.5) is 0 Å². The molecule has 1 aromatic heterocycles. The van der Waals surface area contributed by atoms with E-state index in [0.717, 1.165) is 22.0 Å². The fourth-order valence-corrected chi connectivity index (χ4v) is 1.78. The summed E-state index contributed by atoms with van der Waals surface area (Å²) in [5.41, 5.74) is 2.62. The van der Waals surface area contributed by atoms with Crippen LogP contribution in [0.2, 0.25) is 0 Å². The molecule has 0 aliphatic heterocycles. The van der Waals surface area contributed by atoms with Crippen LogP contribution in [-0.2, 0) is 16.1 Å². The molecule has 17 heavy (non-hydrogen) atoms. The van der Waals surface area contributed by atoms with Gasteiger partial charge in [-0.05, 0) is 17.7 Å². The van der Waals surface area contributed by atoms with Crippen LogP contribution in [0.1, 0.15) is 11.1 Å². The lowest BCUT2D eigenvalue weighted by molar-refractivity contribution is -0.134. The summed E-state index contributed by atoms with van der Waals surface area (Å²) in [5.74, 6) is -0.400. The monoisotopic (exact) mass is 231 g/mol. The van der Waals surface area contributed by atoms with Crippen LogP contribution in [0.15, 0.2) is 30.5 Å². The number of aromatic amines is 1. The van der Waals surface area contributed by atoms with Gasteiger partial charge in [0.1, 0.15) is 0 Å². The van der Waals surface area contributed by atoms with Crippen LogP contribution in [0.3, 0.4) is 0 Å². The summed E-state index contributed by atoms with van der Waals surface area (Å²) < 4.78 is 4.54. The van der Waals surface area contributed by atoms with Crippen LogP contribution in [0.5, 0.6) is 0 Å². The molecule has 4 heteroatoms. The Morgan fingerprint density at radius 2 is 2.35 bits per heavy atom. The number of ether oxygens (including phenoxy) is 1. The van der Waals surface area contributed by atoms with Gasteiger partial charge in [-0.1, -0.05) is 12.1 Å². The summed E-state index contributed by atoms with van der Waals surface area (Å²) in [6, 6.07) is 5.69. The van der Waals surface area contributed by atoms with Gasteiger partial charge in [0, 0.05) is 28.7 Å². The molecule has 0 aliphatic rings. The molecule has 1 heterocycles. The summed E-state index contributed by atoms with van der Waals surface area (Å²) in [7, 11) is 1.34. The van der Waals surface area contributed by atoms with Gasteiger partial charge >= 0.3 is 5.97 Å². The van der Waals surface area contributed by atoms with Gasteiger partial charge in [-0.25, -0.2) is 4.79 Å². The third-order valence-electron chi connectivity index (χ3n) is 2.59. The predicted molar refractivity (Wildman–Crippen MR) is 65.3 cm³/mol. The molecule has 0 radical (unpaired) electrons. The first-order valence-electron chi connectivity index (χ1n) is 5.22. The van der Waals surface area contributed by atoms with Crippen molar-refractivity contribution in [1.29, 1.82) is 0 Å². The number of aliphatic hydroxyl groups is 1. The van der Waals surface area contributed by atoms with Crippen molar-refractivity contribution >= 4 is 22.9 Å². The number of methoxy groups -OCH3 is 1. The Bertz CT molecular complexity index is 569. The molecule has 0 bridgehead atoms. The highest BCUT2D eigenvalue weighted by molar-refractivity contribution is 5.95. The normalized spacial score (nSPS) is 11.2. The SMILES string of the molecule is COC(=O)/C=C\c1cccc2[nH]cc(CO)c12. The largest absolute Gasteiger partial charge is 0.466 e. The average Bonchev–Trinajstić information content (AvgIpc) is 2.79. The number of aromatic nitrogens is 1. The number of nitrogens with one attached hydrogen (secondary N) is 1. The first-order chi connectivity index (χ1) is 8.26. The van der Waals surface area contributed by atoms with Crippen LogP contribution < -0.4 is 0 Å². The third-order valence-corrected chi connectivity index (χ3v) is 2.59. The van der Waals surface area contributed by atoms with Gasteiger partial charge in [0.2, 0.25) is 0 Å². The molecular formula is C13H13NO3. The maximum absolute atomic E-state index is 11.0. The van der Waals surface area contributed by atoms with Gasteiger partial charge in [0.15, 0.2) is 0 Å².